The molecule has 2 aromatic carbocycles. The van der Waals surface area contributed by atoms with E-state index in [1.807, 2.05) is 11.0 Å². The zero-order valence-electron chi connectivity index (χ0n) is 16.6. The fourth-order valence-electron chi connectivity index (χ4n) is 3.04. The van der Waals surface area contributed by atoms with E-state index < -0.39 is 15.9 Å². The molecule has 0 saturated carbocycles. The van der Waals surface area contributed by atoms with Gasteiger partial charge in [0.05, 0.1) is 34.3 Å². The van der Waals surface area contributed by atoms with E-state index in [9.17, 15) is 13.2 Å². The first kappa shape index (κ1) is 22.1. The molecular formula is C20H21ClN4O4S. The molecule has 1 fully saturated rings. The molecule has 0 spiro atoms. The molecule has 1 aliphatic rings. The number of nitrogens with one attached hydrogen (secondary N) is 1. The van der Waals surface area contributed by atoms with Crippen LogP contribution in [0.4, 0.5) is 11.4 Å². The Morgan fingerprint density at radius 2 is 1.90 bits per heavy atom. The Kier molecular flexibility index (Phi) is 6.63. The minimum absolute atomic E-state index is 0.0171. The number of nitriles is 1. The van der Waals surface area contributed by atoms with Crippen LogP contribution in [0.3, 0.4) is 0 Å². The summed E-state index contributed by atoms with van der Waals surface area (Å²) in [5.74, 6) is -0.487. The highest BCUT2D eigenvalue weighted by Crippen LogP contribution is 2.28. The summed E-state index contributed by atoms with van der Waals surface area (Å²) in [7, 11) is -0.855. The van der Waals surface area contributed by atoms with E-state index in [1.54, 1.807) is 12.1 Å². The maximum atomic E-state index is 13.1. The van der Waals surface area contributed by atoms with Gasteiger partial charge in [0.2, 0.25) is 10.0 Å². The molecule has 8 nitrogen and oxygen atoms in total. The van der Waals surface area contributed by atoms with Crippen LogP contribution in [0.15, 0.2) is 41.3 Å². The lowest BCUT2D eigenvalue weighted by Gasteiger charge is -2.30. The number of carbonyl (C=O) groups is 1. The Labute approximate surface area is 180 Å². The van der Waals surface area contributed by atoms with Crippen LogP contribution < -0.4 is 10.2 Å². The summed E-state index contributed by atoms with van der Waals surface area (Å²) >= 11 is 5.95. The van der Waals surface area contributed by atoms with E-state index in [1.165, 1.54) is 38.4 Å². The molecule has 1 amide bonds. The number of ether oxygens (including phenoxy) is 1. The average Bonchev–Trinajstić information content (AvgIpc) is 2.75. The summed E-state index contributed by atoms with van der Waals surface area (Å²) in [5.41, 5.74) is 1.44. The summed E-state index contributed by atoms with van der Waals surface area (Å²) in [5, 5.41) is 12.2. The molecule has 1 aliphatic heterocycles. The maximum absolute atomic E-state index is 13.1. The van der Waals surface area contributed by atoms with Gasteiger partial charge in [0, 0.05) is 38.6 Å². The van der Waals surface area contributed by atoms with Gasteiger partial charge in [0.25, 0.3) is 5.91 Å². The second-order valence-electron chi connectivity index (χ2n) is 6.83. The standard InChI is InChI=1S/C20H21ClN4O4S/c1-24(2)30(27,28)16-4-6-19(25-7-9-29-10-8-25)17(12-16)20(26)23-15-3-5-18(21)14(11-15)13-22/h3-6,11-12H,7-10H2,1-2H3,(H,23,26). The SMILES string of the molecule is CN(C)S(=O)(=O)c1ccc(N2CCOCC2)c(C(=O)Nc2ccc(Cl)c(C#N)c2)c1. The van der Waals surface area contributed by atoms with Gasteiger partial charge in [-0.25, -0.2) is 12.7 Å². The molecule has 3 rings (SSSR count). The molecule has 0 radical (unpaired) electrons. The van der Waals surface area contributed by atoms with Crippen molar-refractivity contribution in [2.45, 2.75) is 4.90 Å². The molecule has 1 saturated heterocycles. The summed E-state index contributed by atoms with van der Waals surface area (Å²) in [6.07, 6.45) is 0. The normalized spacial score (nSPS) is 14.4. The number of sulfonamides is 1. The van der Waals surface area contributed by atoms with Gasteiger partial charge in [0.15, 0.2) is 0 Å². The first-order valence-electron chi connectivity index (χ1n) is 9.14. The summed E-state index contributed by atoms with van der Waals surface area (Å²) in [6, 6.07) is 11.0. The smallest absolute Gasteiger partial charge is 0.257 e. The monoisotopic (exact) mass is 448 g/mol. The van der Waals surface area contributed by atoms with Gasteiger partial charge in [-0.3, -0.25) is 4.79 Å². The highest BCUT2D eigenvalue weighted by atomic mass is 35.5. The van der Waals surface area contributed by atoms with Crippen LogP contribution in [0.2, 0.25) is 5.02 Å². The number of hydrogen-bond acceptors (Lipinski definition) is 6. The number of carbonyl (C=O) groups excluding carboxylic acids is 1. The second kappa shape index (κ2) is 9.02. The topological polar surface area (TPSA) is 103 Å². The van der Waals surface area contributed by atoms with Crippen LogP contribution in [0, 0.1) is 11.3 Å². The van der Waals surface area contributed by atoms with Crippen LogP contribution in [-0.2, 0) is 14.8 Å². The van der Waals surface area contributed by atoms with Gasteiger partial charge in [-0.05, 0) is 36.4 Å². The van der Waals surface area contributed by atoms with Crippen molar-refractivity contribution in [1.82, 2.24) is 4.31 Å². The summed E-state index contributed by atoms with van der Waals surface area (Å²) < 4.78 is 31.6. The van der Waals surface area contributed by atoms with Crippen molar-refractivity contribution in [3.8, 4) is 6.07 Å². The second-order valence-corrected chi connectivity index (χ2v) is 9.39. The highest BCUT2D eigenvalue weighted by Gasteiger charge is 2.24. The molecule has 1 heterocycles. The van der Waals surface area contributed by atoms with Gasteiger partial charge in [-0.1, -0.05) is 11.6 Å². The van der Waals surface area contributed by atoms with Gasteiger partial charge >= 0.3 is 0 Å². The number of nitrogens with zero attached hydrogens (tertiary/aromatic N) is 3. The van der Waals surface area contributed by atoms with E-state index in [0.717, 1.165) is 4.31 Å². The largest absolute Gasteiger partial charge is 0.378 e. The van der Waals surface area contributed by atoms with Crippen molar-refractivity contribution in [2.24, 2.45) is 0 Å². The minimum Gasteiger partial charge on any atom is -0.378 e. The molecule has 0 unspecified atom stereocenters. The van der Waals surface area contributed by atoms with Gasteiger partial charge in [-0.15, -0.1) is 0 Å². The van der Waals surface area contributed by atoms with Gasteiger partial charge < -0.3 is 15.0 Å². The molecule has 1 N–H and O–H groups in total. The summed E-state index contributed by atoms with van der Waals surface area (Å²) in [6.45, 7) is 2.20. The first-order chi connectivity index (χ1) is 14.2. The quantitative estimate of drug-likeness (QED) is 0.754. The Balaban J connectivity index is 2.02. The average molecular weight is 449 g/mol. The third-order valence-corrected chi connectivity index (χ3v) is 6.83. The highest BCUT2D eigenvalue weighted by molar-refractivity contribution is 7.89. The van der Waals surface area contributed by atoms with E-state index in [0.29, 0.717) is 37.7 Å². The Bertz CT molecular complexity index is 1110. The lowest BCUT2D eigenvalue weighted by molar-refractivity contribution is 0.102. The van der Waals surface area contributed by atoms with Crippen LogP contribution in [0.5, 0.6) is 0 Å². The van der Waals surface area contributed by atoms with Gasteiger partial charge in [0.1, 0.15) is 6.07 Å². The van der Waals surface area contributed by atoms with Crippen molar-refractivity contribution in [2.75, 3.05) is 50.6 Å². The lowest BCUT2D eigenvalue weighted by atomic mass is 10.1. The zero-order chi connectivity index (χ0) is 21.9. The third kappa shape index (κ3) is 4.57. The predicted octanol–water partition coefficient (Wildman–Crippen LogP) is 2.55. The Morgan fingerprint density at radius 1 is 1.20 bits per heavy atom. The minimum atomic E-state index is -3.72. The van der Waals surface area contributed by atoms with Crippen LogP contribution in [0.1, 0.15) is 15.9 Å². The zero-order valence-corrected chi connectivity index (χ0v) is 18.1. The van der Waals surface area contributed by atoms with E-state index in [2.05, 4.69) is 5.32 Å². The number of halogens is 1. The number of hydrogen-bond donors (Lipinski definition) is 1. The fourth-order valence-corrected chi connectivity index (χ4v) is 4.12. The molecule has 10 heteroatoms. The first-order valence-corrected chi connectivity index (χ1v) is 11.0. The molecule has 0 bridgehead atoms. The molecule has 30 heavy (non-hydrogen) atoms. The predicted molar refractivity (Wildman–Crippen MR) is 114 cm³/mol. The van der Waals surface area contributed by atoms with Crippen molar-refractivity contribution in [1.29, 1.82) is 5.26 Å². The Hall–Kier alpha value is -2.64. The number of morpholine rings is 1. The number of rotatable bonds is 5. The fraction of sp³-hybridized carbons (Fsp3) is 0.300. The third-order valence-electron chi connectivity index (χ3n) is 4.69. The maximum Gasteiger partial charge on any atom is 0.257 e. The molecule has 2 aromatic rings. The molecule has 0 aromatic heterocycles. The van der Waals surface area contributed by atoms with Crippen molar-refractivity contribution in [3.05, 3.63) is 52.5 Å². The van der Waals surface area contributed by atoms with E-state index >= 15 is 0 Å². The lowest BCUT2D eigenvalue weighted by Crippen LogP contribution is -2.37. The molecule has 158 valence electrons. The molecule has 0 aliphatic carbocycles. The van der Waals surface area contributed by atoms with Gasteiger partial charge in [-0.2, -0.15) is 5.26 Å². The van der Waals surface area contributed by atoms with Crippen LogP contribution >= 0.6 is 11.6 Å². The molecular weight excluding hydrogens is 428 g/mol. The molecule has 0 atom stereocenters. The number of benzene rings is 2. The van der Waals surface area contributed by atoms with E-state index in [-0.39, 0.29) is 21.0 Å². The van der Waals surface area contributed by atoms with Crippen LogP contribution in [0.25, 0.3) is 0 Å². The van der Waals surface area contributed by atoms with E-state index in [4.69, 9.17) is 21.6 Å². The van der Waals surface area contributed by atoms with Crippen molar-refractivity contribution in [3.63, 3.8) is 0 Å². The van der Waals surface area contributed by atoms with Crippen LogP contribution in [-0.4, -0.2) is 59.0 Å². The summed E-state index contributed by atoms with van der Waals surface area (Å²) in [4.78, 5) is 15.1. The van der Waals surface area contributed by atoms with Crippen molar-refractivity contribution >= 4 is 38.9 Å². The Morgan fingerprint density at radius 3 is 2.53 bits per heavy atom. The van der Waals surface area contributed by atoms with Crippen molar-refractivity contribution < 1.29 is 17.9 Å². The number of anilines is 2. The number of amides is 1.